The van der Waals surface area contributed by atoms with Crippen molar-refractivity contribution in [3.8, 4) is 34.3 Å². The van der Waals surface area contributed by atoms with E-state index in [1.54, 1.807) is 0 Å². The Kier molecular flexibility index (Phi) is 6.66. The number of nitrogens with zero attached hydrogens (tertiary/aromatic N) is 2. The van der Waals surface area contributed by atoms with Crippen LogP contribution in [0.2, 0.25) is 5.02 Å². The SMILES string of the molecule is N#CCC(=O)NNCc1cc(-c2ccccc2)n(-c2ccc(Cl)cc2)c1-c1ccccc1. The summed E-state index contributed by atoms with van der Waals surface area (Å²) in [6.07, 6.45) is -0.195. The molecule has 0 fully saturated rings. The summed E-state index contributed by atoms with van der Waals surface area (Å²) in [6, 6.07) is 32.0. The van der Waals surface area contributed by atoms with Crippen molar-refractivity contribution < 1.29 is 4.79 Å². The number of rotatable bonds is 7. The summed E-state index contributed by atoms with van der Waals surface area (Å²) in [5, 5.41) is 9.38. The number of nitrogens with one attached hydrogen (secondary N) is 2. The normalized spacial score (nSPS) is 10.5. The molecule has 0 atom stereocenters. The topological polar surface area (TPSA) is 69.8 Å². The Morgan fingerprint density at radius 1 is 0.906 bits per heavy atom. The number of halogens is 1. The van der Waals surface area contributed by atoms with Crippen molar-refractivity contribution in [3.05, 3.63) is 102 Å². The van der Waals surface area contributed by atoms with Crippen LogP contribution < -0.4 is 10.9 Å². The Morgan fingerprint density at radius 3 is 2.16 bits per heavy atom. The van der Waals surface area contributed by atoms with Gasteiger partial charge in [0.1, 0.15) is 6.42 Å². The number of hydrazine groups is 1. The molecule has 0 unspecified atom stereocenters. The van der Waals surface area contributed by atoms with Crippen molar-refractivity contribution in [2.45, 2.75) is 13.0 Å². The number of carbonyl (C=O) groups is 1. The standard InChI is InChI=1S/C26H21ClN4O/c27-22-11-13-23(14-12-22)31-24(19-7-3-1-4-8-19)17-21(18-29-30-25(32)15-16-28)26(31)20-9-5-2-6-10-20/h1-14,17,29H,15,18H2,(H,30,32). The molecule has 4 aromatic rings. The highest BCUT2D eigenvalue weighted by Crippen LogP contribution is 2.36. The quantitative estimate of drug-likeness (QED) is 0.373. The number of benzene rings is 3. The lowest BCUT2D eigenvalue weighted by Crippen LogP contribution is -2.36. The van der Waals surface area contributed by atoms with Gasteiger partial charge in [-0.05, 0) is 47.0 Å². The van der Waals surface area contributed by atoms with Crippen LogP contribution in [0.4, 0.5) is 0 Å². The zero-order valence-electron chi connectivity index (χ0n) is 17.3. The summed E-state index contributed by atoms with van der Waals surface area (Å²) in [5.41, 5.74) is 11.7. The van der Waals surface area contributed by atoms with Gasteiger partial charge in [-0.2, -0.15) is 5.26 Å². The molecule has 0 saturated heterocycles. The first kappa shape index (κ1) is 21.4. The molecule has 0 aliphatic heterocycles. The largest absolute Gasteiger partial charge is 0.309 e. The number of hydrogen-bond donors (Lipinski definition) is 2. The lowest BCUT2D eigenvalue weighted by Gasteiger charge is -2.16. The number of amides is 1. The summed E-state index contributed by atoms with van der Waals surface area (Å²) in [6.45, 7) is 0.391. The van der Waals surface area contributed by atoms with Crippen molar-refractivity contribution in [3.63, 3.8) is 0 Å². The first-order chi connectivity index (χ1) is 15.7. The number of aromatic nitrogens is 1. The van der Waals surface area contributed by atoms with Gasteiger partial charge in [0.15, 0.2) is 0 Å². The molecule has 0 saturated carbocycles. The maximum atomic E-state index is 11.7. The van der Waals surface area contributed by atoms with Crippen LogP contribution in [0.3, 0.4) is 0 Å². The van der Waals surface area contributed by atoms with Gasteiger partial charge >= 0.3 is 0 Å². The number of hydrogen-bond acceptors (Lipinski definition) is 3. The van der Waals surface area contributed by atoms with Gasteiger partial charge in [-0.1, -0.05) is 72.3 Å². The van der Waals surface area contributed by atoms with Crippen molar-refractivity contribution in [2.24, 2.45) is 0 Å². The van der Waals surface area contributed by atoms with Gasteiger partial charge in [0.2, 0.25) is 5.91 Å². The van der Waals surface area contributed by atoms with E-state index in [2.05, 4.69) is 45.8 Å². The Hall–Kier alpha value is -3.85. The molecule has 4 rings (SSSR count). The van der Waals surface area contributed by atoms with Crippen molar-refractivity contribution in [2.75, 3.05) is 0 Å². The van der Waals surface area contributed by atoms with Crippen molar-refractivity contribution >= 4 is 17.5 Å². The van der Waals surface area contributed by atoms with E-state index >= 15 is 0 Å². The number of carbonyl (C=O) groups excluding carboxylic acids is 1. The molecule has 5 nitrogen and oxygen atoms in total. The molecule has 1 heterocycles. The molecule has 32 heavy (non-hydrogen) atoms. The van der Waals surface area contributed by atoms with E-state index in [1.807, 2.05) is 66.7 Å². The van der Waals surface area contributed by atoms with Crippen LogP contribution in [0.15, 0.2) is 91.0 Å². The third-order valence-electron chi connectivity index (χ3n) is 5.03. The highest BCUT2D eigenvalue weighted by atomic mass is 35.5. The second kappa shape index (κ2) is 9.97. The fraction of sp³-hybridized carbons (Fsp3) is 0.0769. The molecule has 158 valence electrons. The van der Waals surface area contributed by atoms with Gasteiger partial charge < -0.3 is 4.57 Å². The predicted molar refractivity (Wildman–Crippen MR) is 127 cm³/mol. The van der Waals surface area contributed by atoms with Gasteiger partial charge in [-0.25, -0.2) is 5.43 Å². The van der Waals surface area contributed by atoms with Gasteiger partial charge in [0.05, 0.1) is 17.5 Å². The minimum Gasteiger partial charge on any atom is -0.309 e. The monoisotopic (exact) mass is 440 g/mol. The third-order valence-corrected chi connectivity index (χ3v) is 5.28. The molecule has 0 bridgehead atoms. The van der Waals surface area contributed by atoms with Crippen molar-refractivity contribution in [1.29, 1.82) is 5.26 Å². The van der Waals surface area contributed by atoms with Crippen LogP contribution in [0.25, 0.3) is 28.2 Å². The summed E-state index contributed by atoms with van der Waals surface area (Å²) >= 11 is 6.16. The van der Waals surface area contributed by atoms with Crippen LogP contribution >= 0.6 is 11.6 Å². The van der Waals surface area contributed by atoms with Gasteiger partial charge in [0.25, 0.3) is 0 Å². The van der Waals surface area contributed by atoms with E-state index in [1.165, 1.54) is 0 Å². The maximum Gasteiger partial charge on any atom is 0.248 e. The summed E-state index contributed by atoms with van der Waals surface area (Å²) in [5.74, 6) is -0.367. The maximum absolute atomic E-state index is 11.7. The van der Waals surface area contributed by atoms with Crippen LogP contribution in [-0.2, 0) is 11.3 Å². The zero-order valence-corrected chi connectivity index (χ0v) is 18.0. The zero-order chi connectivity index (χ0) is 22.3. The molecule has 0 aliphatic rings. The first-order valence-electron chi connectivity index (χ1n) is 10.2. The van der Waals surface area contributed by atoms with Crippen LogP contribution in [0.5, 0.6) is 0 Å². The minimum absolute atomic E-state index is 0.195. The smallest absolute Gasteiger partial charge is 0.248 e. The predicted octanol–water partition coefficient (Wildman–Crippen LogP) is 5.50. The van der Waals surface area contributed by atoms with Gasteiger partial charge in [-0.3, -0.25) is 10.2 Å². The molecule has 0 aliphatic carbocycles. The van der Waals surface area contributed by atoms with E-state index < -0.39 is 0 Å². The number of nitriles is 1. The highest BCUT2D eigenvalue weighted by Gasteiger charge is 2.19. The lowest BCUT2D eigenvalue weighted by atomic mass is 10.1. The van der Waals surface area contributed by atoms with Crippen LogP contribution in [-0.4, -0.2) is 10.5 Å². The van der Waals surface area contributed by atoms with E-state index in [-0.39, 0.29) is 12.3 Å². The molecule has 2 N–H and O–H groups in total. The minimum atomic E-state index is -0.367. The Balaban J connectivity index is 1.86. The Bertz CT molecular complexity index is 1240. The lowest BCUT2D eigenvalue weighted by molar-refractivity contribution is -0.121. The molecule has 1 amide bonds. The van der Waals surface area contributed by atoms with E-state index in [0.29, 0.717) is 11.6 Å². The molecule has 1 aromatic heterocycles. The molecular formula is C26H21ClN4O. The second-order valence-electron chi connectivity index (χ2n) is 7.18. The molecule has 6 heteroatoms. The van der Waals surface area contributed by atoms with E-state index in [4.69, 9.17) is 16.9 Å². The highest BCUT2D eigenvalue weighted by molar-refractivity contribution is 6.30. The van der Waals surface area contributed by atoms with E-state index in [0.717, 1.165) is 33.8 Å². The van der Waals surface area contributed by atoms with Crippen LogP contribution in [0.1, 0.15) is 12.0 Å². The summed E-state index contributed by atoms with van der Waals surface area (Å²) in [7, 11) is 0. The van der Waals surface area contributed by atoms with E-state index in [9.17, 15) is 4.79 Å². The van der Waals surface area contributed by atoms with Gasteiger partial charge in [0, 0.05) is 17.3 Å². The fourth-order valence-corrected chi connectivity index (χ4v) is 3.77. The molecular weight excluding hydrogens is 420 g/mol. The first-order valence-corrected chi connectivity index (χ1v) is 10.5. The Labute approximate surface area is 191 Å². The average Bonchev–Trinajstić information content (AvgIpc) is 3.20. The van der Waals surface area contributed by atoms with Crippen molar-refractivity contribution in [1.82, 2.24) is 15.4 Å². The molecule has 3 aromatic carbocycles. The molecule has 0 radical (unpaired) electrons. The van der Waals surface area contributed by atoms with Gasteiger partial charge in [-0.15, -0.1) is 0 Å². The summed E-state index contributed by atoms with van der Waals surface area (Å²) < 4.78 is 2.20. The summed E-state index contributed by atoms with van der Waals surface area (Å²) in [4.78, 5) is 11.7. The van der Waals surface area contributed by atoms with Crippen LogP contribution in [0, 0.1) is 11.3 Å². The average molecular weight is 441 g/mol. The second-order valence-corrected chi connectivity index (χ2v) is 7.62. The third kappa shape index (κ3) is 4.73. The Morgan fingerprint density at radius 2 is 1.53 bits per heavy atom. The fourth-order valence-electron chi connectivity index (χ4n) is 3.64. The molecule has 0 spiro atoms.